The molecule has 0 atom stereocenters. The van der Waals surface area contributed by atoms with Crippen molar-refractivity contribution in [2.24, 2.45) is 0 Å². The number of rotatable bonds is 7. The van der Waals surface area contributed by atoms with Crippen LogP contribution in [0.3, 0.4) is 0 Å². The van der Waals surface area contributed by atoms with Gasteiger partial charge in [0.15, 0.2) is 0 Å². The average Bonchev–Trinajstić information content (AvgIpc) is 2.71. The van der Waals surface area contributed by atoms with E-state index >= 15 is 0 Å². The highest BCUT2D eigenvalue weighted by atomic mass is 16.5. The van der Waals surface area contributed by atoms with E-state index < -0.39 is 0 Å². The molecule has 0 unspecified atom stereocenters. The van der Waals surface area contributed by atoms with Gasteiger partial charge in [-0.1, -0.05) is 31.2 Å². The number of hydrogen-bond acceptors (Lipinski definition) is 4. The first kappa shape index (κ1) is 20.3. The Morgan fingerprint density at radius 2 is 1.93 bits per heavy atom. The quantitative estimate of drug-likeness (QED) is 0.637. The summed E-state index contributed by atoms with van der Waals surface area (Å²) in [5, 5.41) is 2.87. The summed E-state index contributed by atoms with van der Waals surface area (Å²) in [4.78, 5) is 31.3. The summed E-state index contributed by atoms with van der Waals surface area (Å²) >= 11 is 0. The molecule has 1 amide bonds. The molecule has 0 aliphatic rings. The van der Waals surface area contributed by atoms with Crippen LogP contribution in [0.5, 0.6) is 5.75 Å². The first-order chi connectivity index (χ1) is 14.0. The molecular formula is C23H25N3O3. The third-order valence-corrected chi connectivity index (χ3v) is 4.72. The van der Waals surface area contributed by atoms with Crippen LogP contribution in [0.1, 0.15) is 30.2 Å². The van der Waals surface area contributed by atoms with Gasteiger partial charge in [0.25, 0.3) is 5.56 Å². The number of nitrogens with one attached hydrogen (secondary N) is 2. The summed E-state index contributed by atoms with van der Waals surface area (Å²) in [5.74, 6) is 1.14. The normalized spacial score (nSPS) is 10.6. The number of anilines is 1. The van der Waals surface area contributed by atoms with Gasteiger partial charge in [0, 0.05) is 23.0 Å². The largest absolute Gasteiger partial charge is 0.493 e. The highest BCUT2D eigenvalue weighted by Crippen LogP contribution is 2.21. The minimum atomic E-state index is -0.190. The minimum absolute atomic E-state index is 0.142. The van der Waals surface area contributed by atoms with Crippen LogP contribution in [0.4, 0.5) is 5.69 Å². The Morgan fingerprint density at radius 1 is 1.14 bits per heavy atom. The van der Waals surface area contributed by atoms with Gasteiger partial charge in [-0.3, -0.25) is 9.59 Å². The van der Waals surface area contributed by atoms with Crippen molar-refractivity contribution in [3.8, 4) is 17.1 Å². The van der Waals surface area contributed by atoms with Crippen molar-refractivity contribution in [3.63, 3.8) is 0 Å². The number of aryl methyl sites for hydroxylation is 2. The summed E-state index contributed by atoms with van der Waals surface area (Å²) in [7, 11) is 0. The highest BCUT2D eigenvalue weighted by molar-refractivity contribution is 5.91. The molecule has 0 saturated heterocycles. The monoisotopic (exact) mass is 391 g/mol. The smallest absolute Gasteiger partial charge is 0.251 e. The Bertz CT molecular complexity index is 1070. The SMILES string of the molecule is CCc1cc(=O)[nH]c(-c2cccc(NC(=O)CCOc3cccc(C)c3C)c2)n1. The molecule has 0 radical (unpaired) electrons. The average molecular weight is 391 g/mol. The number of nitrogens with zero attached hydrogens (tertiary/aromatic N) is 1. The third-order valence-electron chi connectivity index (χ3n) is 4.72. The number of benzene rings is 2. The standard InChI is InChI=1S/C23H25N3O3/c1-4-18-14-22(28)26-23(25-18)17-8-6-9-19(13-17)24-21(27)11-12-29-20-10-5-7-15(2)16(20)3/h5-10,13-14H,4,11-12H2,1-3H3,(H,24,27)(H,25,26,28). The van der Waals surface area contributed by atoms with Gasteiger partial charge in [-0.15, -0.1) is 0 Å². The van der Waals surface area contributed by atoms with E-state index in [1.54, 1.807) is 12.1 Å². The van der Waals surface area contributed by atoms with Gasteiger partial charge in [-0.2, -0.15) is 0 Å². The van der Waals surface area contributed by atoms with Crippen LogP contribution in [0, 0.1) is 13.8 Å². The van der Waals surface area contributed by atoms with Crippen molar-refractivity contribution in [2.75, 3.05) is 11.9 Å². The second-order valence-corrected chi connectivity index (χ2v) is 6.86. The van der Waals surface area contributed by atoms with E-state index in [9.17, 15) is 9.59 Å². The molecule has 1 aromatic heterocycles. The maximum absolute atomic E-state index is 12.3. The molecule has 0 aliphatic carbocycles. The Balaban J connectivity index is 1.63. The third kappa shape index (κ3) is 5.31. The maximum Gasteiger partial charge on any atom is 0.251 e. The molecule has 0 aliphatic heterocycles. The van der Waals surface area contributed by atoms with Gasteiger partial charge in [0.2, 0.25) is 5.91 Å². The van der Waals surface area contributed by atoms with Gasteiger partial charge < -0.3 is 15.0 Å². The summed E-state index contributed by atoms with van der Waals surface area (Å²) < 4.78 is 5.75. The van der Waals surface area contributed by atoms with E-state index in [0.717, 1.165) is 28.1 Å². The molecular weight excluding hydrogens is 366 g/mol. The van der Waals surface area contributed by atoms with Gasteiger partial charge in [-0.25, -0.2) is 4.98 Å². The molecule has 0 bridgehead atoms. The molecule has 3 aromatic rings. The number of hydrogen-bond donors (Lipinski definition) is 2. The van der Waals surface area contributed by atoms with Crippen LogP contribution in [0.25, 0.3) is 11.4 Å². The number of carbonyl (C=O) groups is 1. The summed E-state index contributed by atoms with van der Waals surface area (Å²) in [6.07, 6.45) is 0.909. The van der Waals surface area contributed by atoms with Gasteiger partial charge >= 0.3 is 0 Å². The fourth-order valence-corrected chi connectivity index (χ4v) is 2.93. The Hall–Kier alpha value is -3.41. The molecule has 0 fully saturated rings. The second-order valence-electron chi connectivity index (χ2n) is 6.86. The summed E-state index contributed by atoms with van der Waals surface area (Å²) in [5.41, 5.74) is 4.15. The lowest BCUT2D eigenvalue weighted by Gasteiger charge is -2.11. The van der Waals surface area contributed by atoms with Crippen LogP contribution in [-0.2, 0) is 11.2 Å². The van der Waals surface area contributed by atoms with Crippen molar-refractivity contribution in [3.05, 3.63) is 75.7 Å². The van der Waals surface area contributed by atoms with Crippen LogP contribution >= 0.6 is 0 Å². The molecule has 29 heavy (non-hydrogen) atoms. The van der Waals surface area contributed by atoms with Crippen molar-refractivity contribution in [2.45, 2.75) is 33.6 Å². The summed E-state index contributed by atoms with van der Waals surface area (Å²) in [6.45, 7) is 6.27. The summed E-state index contributed by atoms with van der Waals surface area (Å²) in [6, 6.07) is 14.6. The van der Waals surface area contributed by atoms with Crippen molar-refractivity contribution in [1.82, 2.24) is 9.97 Å². The van der Waals surface area contributed by atoms with Crippen LogP contribution in [0.2, 0.25) is 0 Å². The molecule has 0 spiro atoms. The van der Waals surface area contributed by atoms with E-state index in [1.165, 1.54) is 6.07 Å². The Labute approximate surface area is 170 Å². The zero-order valence-electron chi connectivity index (χ0n) is 16.9. The zero-order chi connectivity index (χ0) is 20.8. The van der Waals surface area contributed by atoms with E-state index in [4.69, 9.17) is 4.74 Å². The molecule has 150 valence electrons. The Morgan fingerprint density at radius 3 is 2.72 bits per heavy atom. The van der Waals surface area contributed by atoms with E-state index in [1.807, 2.05) is 51.1 Å². The number of carbonyl (C=O) groups excluding carboxylic acids is 1. The van der Waals surface area contributed by atoms with Crippen LogP contribution in [0.15, 0.2) is 53.3 Å². The molecule has 2 aromatic carbocycles. The molecule has 6 heteroatoms. The van der Waals surface area contributed by atoms with Crippen LogP contribution < -0.4 is 15.6 Å². The van der Waals surface area contributed by atoms with Crippen molar-refractivity contribution < 1.29 is 9.53 Å². The van der Waals surface area contributed by atoms with Gasteiger partial charge in [0.05, 0.1) is 13.0 Å². The predicted molar refractivity (Wildman–Crippen MR) is 114 cm³/mol. The first-order valence-electron chi connectivity index (χ1n) is 9.66. The lowest BCUT2D eigenvalue weighted by molar-refractivity contribution is -0.116. The first-order valence-corrected chi connectivity index (χ1v) is 9.66. The van der Waals surface area contributed by atoms with Crippen molar-refractivity contribution >= 4 is 11.6 Å². The number of amides is 1. The number of ether oxygens (including phenoxy) is 1. The molecule has 3 rings (SSSR count). The van der Waals surface area contributed by atoms with E-state index in [2.05, 4.69) is 15.3 Å². The number of aromatic amines is 1. The lowest BCUT2D eigenvalue weighted by Crippen LogP contribution is -2.15. The number of H-pyrrole nitrogens is 1. The van der Waals surface area contributed by atoms with Crippen molar-refractivity contribution in [1.29, 1.82) is 0 Å². The highest BCUT2D eigenvalue weighted by Gasteiger charge is 2.08. The number of aromatic nitrogens is 2. The van der Waals surface area contributed by atoms with Gasteiger partial charge in [-0.05, 0) is 49.6 Å². The molecule has 1 heterocycles. The maximum atomic E-state index is 12.3. The molecule has 6 nitrogen and oxygen atoms in total. The fraction of sp³-hybridized carbons (Fsp3) is 0.261. The Kier molecular flexibility index (Phi) is 6.44. The lowest BCUT2D eigenvalue weighted by atomic mass is 10.1. The minimum Gasteiger partial charge on any atom is -0.493 e. The van der Waals surface area contributed by atoms with E-state index in [0.29, 0.717) is 24.5 Å². The topological polar surface area (TPSA) is 84.1 Å². The zero-order valence-corrected chi connectivity index (χ0v) is 16.9. The van der Waals surface area contributed by atoms with Gasteiger partial charge in [0.1, 0.15) is 11.6 Å². The second kappa shape index (κ2) is 9.19. The fourth-order valence-electron chi connectivity index (χ4n) is 2.93. The molecule has 2 N–H and O–H groups in total. The molecule has 0 saturated carbocycles. The van der Waals surface area contributed by atoms with E-state index in [-0.39, 0.29) is 17.9 Å². The predicted octanol–water partition coefficient (Wildman–Crippen LogP) is 4.02. The van der Waals surface area contributed by atoms with Crippen LogP contribution in [-0.4, -0.2) is 22.5 Å².